The Morgan fingerprint density at radius 1 is 1.40 bits per heavy atom. The van der Waals surface area contributed by atoms with Gasteiger partial charge in [-0.2, -0.15) is 0 Å². The van der Waals surface area contributed by atoms with Crippen molar-refractivity contribution in [3.63, 3.8) is 0 Å². The van der Waals surface area contributed by atoms with E-state index < -0.39 is 0 Å². The second-order valence-corrected chi connectivity index (χ2v) is 3.43. The molecule has 2 heteroatoms. The monoisotopic (exact) mass is 143 g/mol. The number of hydrogen-bond acceptors (Lipinski definition) is 2. The summed E-state index contributed by atoms with van der Waals surface area (Å²) >= 11 is 0. The Balaban J connectivity index is 2.26. The molecule has 0 unspecified atom stereocenters. The van der Waals surface area contributed by atoms with Gasteiger partial charge in [-0.05, 0) is 19.3 Å². The Kier molecular flexibility index (Phi) is 2.69. The van der Waals surface area contributed by atoms with Crippen molar-refractivity contribution in [2.75, 3.05) is 0 Å². The third-order valence-corrected chi connectivity index (χ3v) is 2.03. The summed E-state index contributed by atoms with van der Waals surface area (Å²) in [5, 5.41) is 12.7. The van der Waals surface area contributed by atoms with Crippen molar-refractivity contribution in [2.24, 2.45) is 0 Å². The lowest BCUT2D eigenvalue weighted by Gasteiger charge is -2.18. The lowest BCUT2D eigenvalue weighted by molar-refractivity contribution is 0.145. The van der Waals surface area contributed by atoms with E-state index in [1.54, 1.807) is 0 Å². The number of nitrogens with one attached hydrogen (secondary N) is 1. The molecule has 0 aliphatic heterocycles. The minimum absolute atomic E-state index is 0.0950. The summed E-state index contributed by atoms with van der Waals surface area (Å²) in [6, 6.07) is 0.859. The maximum Gasteiger partial charge on any atom is 0.0693 e. The van der Waals surface area contributed by atoms with Gasteiger partial charge in [0.25, 0.3) is 0 Å². The molecule has 1 aliphatic carbocycles. The zero-order valence-electron chi connectivity index (χ0n) is 6.80. The van der Waals surface area contributed by atoms with Gasteiger partial charge < -0.3 is 10.4 Å². The van der Waals surface area contributed by atoms with Crippen molar-refractivity contribution in [2.45, 2.75) is 51.3 Å². The average molecular weight is 143 g/mol. The van der Waals surface area contributed by atoms with Crippen LogP contribution in [0.3, 0.4) is 0 Å². The zero-order valence-corrected chi connectivity index (χ0v) is 6.80. The van der Waals surface area contributed by atoms with Crippen molar-refractivity contribution in [3.05, 3.63) is 0 Å². The topological polar surface area (TPSA) is 32.3 Å². The molecule has 0 spiro atoms. The van der Waals surface area contributed by atoms with Crippen LogP contribution in [0.5, 0.6) is 0 Å². The van der Waals surface area contributed by atoms with Gasteiger partial charge in [-0.1, -0.05) is 13.8 Å². The molecule has 0 heterocycles. The van der Waals surface area contributed by atoms with Crippen molar-refractivity contribution >= 4 is 0 Å². The standard InChI is InChI=1S/C8H17NO/c1-6(2)9-7-4-3-5-8(7)10/h6-10H,3-5H2,1-2H3/t7-,8-/m1/s1. The fourth-order valence-electron chi connectivity index (χ4n) is 1.56. The van der Waals surface area contributed by atoms with Gasteiger partial charge in [-0.15, -0.1) is 0 Å². The van der Waals surface area contributed by atoms with Crippen LogP contribution >= 0.6 is 0 Å². The Hall–Kier alpha value is -0.0800. The molecule has 0 aromatic carbocycles. The molecule has 2 nitrogen and oxygen atoms in total. The van der Waals surface area contributed by atoms with Gasteiger partial charge in [-0.25, -0.2) is 0 Å². The summed E-state index contributed by atoms with van der Waals surface area (Å²) in [5.41, 5.74) is 0. The van der Waals surface area contributed by atoms with E-state index in [1.807, 2.05) is 0 Å². The average Bonchev–Trinajstić information content (AvgIpc) is 2.15. The van der Waals surface area contributed by atoms with Crippen LogP contribution in [0.1, 0.15) is 33.1 Å². The summed E-state index contributed by atoms with van der Waals surface area (Å²) in [6.45, 7) is 4.23. The molecule has 1 fully saturated rings. The second-order valence-electron chi connectivity index (χ2n) is 3.43. The zero-order chi connectivity index (χ0) is 7.56. The molecule has 1 rings (SSSR count). The van der Waals surface area contributed by atoms with Gasteiger partial charge in [0.15, 0.2) is 0 Å². The molecule has 0 radical (unpaired) electrons. The largest absolute Gasteiger partial charge is 0.392 e. The minimum Gasteiger partial charge on any atom is -0.392 e. The molecule has 0 bridgehead atoms. The van der Waals surface area contributed by atoms with Gasteiger partial charge in [0.1, 0.15) is 0 Å². The summed E-state index contributed by atoms with van der Waals surface area (Å²) in [6.07, 6.45) is 3.19. The summed E-state index contributed by atoms with van der Waals surface area (Å²) < 4.78 is 0. The second kappa shape index (κ2) is 3.35. The smallest absolute Gasteiger partial charge is 0.0693 e. The van der Waals surface area contributed by atoms with Crippen molar-refractivity contribution in [1.82, 2.24) is 5.32 Å². The molecule has 60 valence electrons. The molecule has 2 atom stereocenters. The molecule has 2 N–H and O–H groups in total. The molecule has 0 saturated heterocycles. The predicted molar refractivity (Wildman–Crippen MR) is 41.9 cm³/mol. The summed E-state index contributed by atoms with van der Waals surface area (Å²) in [4.78, 5) is 0. The van der Waals surface area contributed by atoms with Crippen LogP contribution in [-0.4, -0.2) is 23.3 Å². The van der Waals surface area contributed by atoms with Crippen molar-refractivity contribution in [1.29, 1.82) is 0 Å². The molecule has 0 aromatic rings. The normalized spacial score (nSPS) is 33.6. The van der Waals surface area contributed by atoms with E-state index in [0.29, 0.717) is 12.1 Å². The van der Waals surface area contributed by atoms with E-state index in [4.69, 9.17) is 0 Å². The van der Waals surface area contributed by atoms with Crippen LogP contribution in [0.4, 0.5) is 0 Å². The van der Waals surface area contributed by atoms with Gasteiger partial charge >= 0.3 is 0 Å². The fourth-order valence-corrected chi connectivity index (χ4v) is 1.56. The Morgan fingerprint density at radius 3 is 2.50 bits per heavy atom. The molecular formula is C8H17NO. The van der Waals surface area contributed by atoms with Crippen LogP contribution in [0.15, 0.2) is 0 Å². The van der Waals surface area contributed by atoms with E-state index in [-0.39, 0.29) is 6.10 Å². The van der Waals surface area contributed by atoms with E-state index in [1.165, 1.54) is 6.42 Å². The Bertz CT molecular complexity index is 103. The number of aliphatic hydroxyl groups excluding tert-OH is 1. The van der Waals surface area contributed by atoms with Crippen molar-refractivity contribution < 1.29 is 5.11 Å². The van der Waals surface area contributed by atoms with Crippen LogP contribution < -0.4 is 5.32 Å². The maximum atomic E-state index is 9.38. The van der Waals surface area contributed by atoms with E-state index in [9.17, 15) is 5.11 Å². The first-order valence-electron chi connectivity index (χ1n) is 4.14. The number of rotatable bonds is 2. The number of aliphatic hydroxyl groups is 1. The Morgan fingerprint density at radius 2 is 2.10 bits per heavy atom. The van der Waals surface area contributed by atoms with Gasteiger partial charge in [0.05, 0.1) is 6.10 Å². The molecule has 10 heavy (non-hydrogen) atoms. The van der Waals surface area contributed by atoms with Crippen LogP contribution in [0.25, 0.3) is 0 Å². The quantitative estimate of drug-likeness (QED) is 0.602. The third-order valence-electron chi connectivity index (χ3n) is 2.03. The molecular weight excluding hydrogens is 126 g/mol. The molecule has 0 amide bonds. The van der Waals surface area contributed by atoms with Gasteiger partial charge in [0, 0.05) is 12.1 Å². The first-order valence-corrected chi connectivity index (χ1v) is 4.14. The van der Waals surface area contributed by atoms with E-state index >= 15 is 0 Å². The van der Waals surface area contributed by atoms with Crippen LogP contribution in [0, 0.1) is 0 Å². The molecule has 0 aromatic heterocycles. The Labute approximate surface area is 62.6 Å². The SMILES string of the molecule is CC(C)N[C@@H]1CCC[C@H]1O. The third kappa shape index (κ3) is 1.96. The van der Waals surface area contributed by atoms with Crippen LogP contribution in [-0.2, 0) is 0 Å². The first kappa shape index (κ1) is 8.02. The molecule has 1 saturated carbocycles. The van der Waals surface area contributed by atoms with Crippen LogP contribution in [0.2, 0.25) is 0 Å². The highest BCUT2D eigenvalue weighted by Crippen LogP contribution is 2.18. The summed E-state index contributed by atoms with van der Waals surface area (Å²) in [5.74, 6) is 0. The summed E-state index contributed by atoms with van der Waals surface area (Å²) in [7, 11) is 0. The lowest BCUT2D eigenvalue weighted by atomic mass is 10.2. The predicted octanol–water partition coefficient (Wildman–Crippen LogP) is 0.898. The maximum absolute atomic E-state index is 9.38. The fraction of sp³-hybridized carbons (Fsp3) is 1.00. The van der Waals surface area contributed by atoms with Gasteiger partial charge in [0.2, 0.25) is 0 Å². The lowest BCUT2D eigenvalue weighted by Crippen LogP contribution is -2.39. The minimum atomic E-state index is -0.0950. The number of hydrogen-bond donors (Lipinski definition) is 2. The van der Waals surface area contributed by atoms with E-state index in [0.717, 1.165) is 12.8 Å². The first-order chi connectivity index (χ1) is 4.70. The molecule has 1 aliphatic rings. The van der Waals surface area contributed by atoms with Crippen molar-refractivity contribution in [3.8, 4) is 0 Å². The highest BCUT2D eigenvalue weighted by Gasteiger charge is 2.24. The van der Waals surface area contributed by atoms with E-state index in [2.05, 4.69) is 19.2 Å². The highest BCUT2D eigenvalue weighted by molar-refractivity contribution is 4.83. The highest BCUT2D eigenvalue weighted by atomic mass is 16.3. The van der Waals surface area contributed by atoms with Gasteiger partial charge in [-0.3, -0.25) is 0 Å².